The fraction of sp³-hybridized carbons (Fsp3) is 0.286. The summed E-state index contributed by atoms with van der Waals surface area (Å²) in [6.45, 7) is 4.63. The molecule has 0 aliphatic heterocycles. The monoisotopic (exact) mass is 354 g/mol. The summed E-state index contributed by atoms with van der Waals surface area (Å²) in [5.41, 5.74) is 1.93. The van der Waals surface area contributed by atoms with Crippen LogP contribution >= 0.6 is 22.6 Å². The molecule has 0 fully saturated rings. The highest BCUT2D eigenvalue weighted by Crippen LogP contribution is 2.18. The van der Waals surface area contributed by atoms with E-state index in [0.29, 0.717) is 6.54 Å². The van der Waals surface area contributed by atoms with E-state index in [-0.39, 0.29) is 5.56 Å². The molecule has 0 atom stereocenters. The van der Waals surface area contributed by atoms with Gasteiger partial charge in [0.05, 0.1) is 9.26 Å². The highest BCUT2D eigenvalue weighted by atomic mass is 127. The predicted octanol–water partition coefficient (Wildman–Crippen LogP) is 3.10. The smallest absolute Gasteiger partial charge is 0.267 e. The molecule has 1 heterocycles. The Hall–Kier alpha value is -1.17. The van der Waals surface area contributed by atoms with Gasteiger partial charge in [-0.2, -0.15) is 0 Å². The SMILES string of the molecule is CCc1nc(-c2ccccc2)n(CC)c(=O)c1I. The second kappa shape index (κ2) is 5.65. The molecule has 0 bridgehead atoms. The first-order chi connectivity index (χ1) is 8.69. The lowest BCUT2D eigenvalue weighted by molar-refractivity contribution is 0.702. The standard InChI is InChI=1S/C14H15IN2O/c1-3-11-12(15)14(18)17(4-2)13(16-11)10-8-6-5-7-9-10/h5-9H,3-4H2,1-2H3. The van der Waals surface area contributed by atoms with Gasteiger partial charge in [-0.1, -0.05) is 37.3 Å². The summed E-state index contributed by atoms with van der Waals surface area (Å²) in [7, 11) is 0. The van der Waals surface area contributed by atoms with E-state index in [1.165, 1.54) is 0 Å². The molecule has 18 heavy (non-hydrogen) atoms. The van der Waals surface area contributed by atoms with Gasteiger partial charge >= 0.3 is 0 Å². The molecular formula is C14H15IN2O. The van der Waals surface area contributed by atoms with Crippen molar-refractivity contribution in [1.29, 1.82) is 0 Å². The van der Waals surface area contributed by atoms with Crippen molar-refractivity contribution in [3.05, 3.63) is 49.9 Å². The average molecular weight is 354 g/mol. The fourth-order valence-corrected chi connectivity index (χ4v) is 2.70. The van der Waals surface area contributed by atoms with Gasteiger partial charge < -0.3 is 0 Å². The molecule has 2 aromatic rings. The van der Waals surface area contributed by atoms with Gasteiger partial charge in [0.25, 0.3) is 5.56 Å². The number of halogens is 1. The lowest BCUT2D eigenvalue weighted by Crippen LogP contribution is -2.26. The summed E-state index contributed by atoms with van der Waals surface area (Å²) < 4.78 is 2.47. The summed E-state index contributed by atoms with van der Waals surface area (Å²) >= 11 is 2.09. The van der Waals surface area contributed by atoms with Crippen LogP contribution in [0.3, 0.4) is 0 Å². The van der Waals surface area contributed by atoms with E-state index in [0.717, 1.165) is 27.1 Å². The first-order valence-electron chi connectivity index (χ1n) is 6.03. The van der Waals surface area contributed by atoms with Crippen molar-refractivity contribution >= 4 is 22.6 Å². The minimum atomic E-state index is 0.0591. The zero-order valence-corrected chi connectivity index (χ0v) is 12.6. The fourth-order valence-electron chi connectivity index (χ4n) is 1.91. The zero-order chi connectivity index (χ0) is 13.1. The highest BCUT2D eigenvalue weighted by molar-refractivity contribution is 14.1. The van der Waals surface area contributed by atoms with E-state index >= 15 is 0 Å². The predicted molar refractivity (Wildman–Crippen MR) is 81.7 cm³/mol. The van der Waals surface area contributed by atoms with Crippen LogP contribution in [0.4, 0.5) is 0 Å². The highest BCUT2D eigenvalue weighted by Gasteiger charge is 2.13. The van der Waals surface area contributed by atoms with Gasteiger partial charge in [0.2, 0.25) is 0 Å². The lowest BCUT2D eigenvalue weighted by Gasteiger charge is -2.13. The molecule has 0 saturated heterocycles. The molecule has 1 aromatic heterocycles. The van der Waals surface area contributed by atoms with Crippen LogP contribution in [0.25, 0.3) is 11.4 Å². The molecule has 3 nitrogen and oxygen atoms in total. The first kappa shape index (κ1) is 13.3. The third-order valence-corrected chi connectivity index (χ3v) is 3.95. The Kier molecular flexibility index (Phi) is 4.16. The largest absolute Gasteiger partial charge is 0.292 e. The number of aryl methyl sites for hydroxylation is 1. The van der Waals surface area contributed by atoms with Gasteiger partial charge in [-0.3, -0.25) is 9.36 Å². The summed E-state index contributed by atoms with van der Waals surface area (Å²) in [6.07, 6.45) is 0.776. The van der Waals surface area contributed by atoms with E-state index in [4.69, 9.17) is 0 Å². The molecule has 0 amide bonds. The van der Waals surface area contributed by atoms with Crippen LogP contribution in [0.1, 0.15) is 19.5 Å². The Bertz CT molecular complexity index is 605. The molecule has 1 aromatic carbocycles. The maximum atomic E-state index is 12.3. The van der Waals surface area contributed by atoms with Gasteiger partial charge in [-0.25, -0.2) is 4.98 Å². The molecule has 94 valence electrons. The van der Waals surface area contributed by atoms with Gasteiger partial charge in [-0.05, 0) is 35.9 Å². The first-order valence-corrected chi connectivity index (χ1v) is 7.11. The molecule has 0 aliphatic rings. The Balaban J connectivity index is 2.74. The van der Waals surface area contributed by atoms with E-state index in [9.17, 15) is 4.79 Å². The second-order valence-corrected chi connectivity index (χ2v) is 5.04. The lowest BCUT2D eigenvalue weighted by atomic mass is 10.2. The van der Waals surface area contributed by atoms with Crippen LogP contribution in [-0.2, 0) is 13.0 Å². The Labute approximate surface area is 120 Å². The minimum absolute atomic E-state index is 0.0591. The van der Waals surface area contributed by atoms with Crippen LogP contribution in [-0.4, -0.2) is 9.55 Å². The normalized spacial score (nSPS) is 10.6. The summed E-state index contributed by atoms with van der Waals surface area (Å²) in [5, 5.41) is 0. The number of benzene rings is 1. The Morgan fingerprint density at radius 2 is 1.89 bits per heavy atom. The van der Waals surface area contributed by atoms with Gasteiger partial charge in [0, 0.05) is 12.1 Å². The average Bonchev–Trinajstić information content (AvgIpc) is 2.42. The van der Waals surface area contributed by atoms with E-state index in [1.807, 2.05) is 44.2 Å². The van der Waals surface area contributed by atoms with Crippen molar-refractivity contribution in [2.24, 2.45) is 0 Å². The Morgan fingerprint density at radius 3 is 2.44 bits per heavy atom. The van der Waals surface area contributed by atoms with Crippen molar-refractivity contribution in [2.75, 3.05) is 0 Å². The van der Waals surface area contributed by atoms with E-state index < -0.39 is 0 Å². The summed E-state index contributed by atoms with van der Waals surface area (Å²) in [6, 6.07) is 9.86. The summed E-state index contributed by atoms with van der Waals surface area (Å²) in [5.74, 6) is 0.764. The van der Waals surface area contributed by atoms with Crippen LogP contribution in [0.15, 0.2) is 35.1 Å². The zero-order valence-electron chi connectivity index (χ0n) is 10.5. The molecule has 0 unspecified atom stereocenters. The maximum Gasteiger partial charge on any atom is 0.267 e. The van der Waals surface area contributed by atoms with Crippen LogP contribution in [0, 0.1) is 3.57 Å². The van der Waals surface area contributed by atoms with Gasteiger partial charge in [0.15, 0.2) is 0 Å². The number of nitrogens with zero attached hydrogens (tertiary/aromatic N) is 2. The van der Waals surface area contributed by atoms with Crippen molar-refractivity contribution in [2.45, 2.75) is 26.8 Å². The number of hydrogen-bond donors (Lipinski definition) is 0. The Morgan fingerprint density at radius 1 is 1.22 bits per heavy atom. The minimum Gasteiger partial charge on any atom is -0.292 e. The van der Waals surface area contributed by atoms with Crippen LogP contribution < -0.4 is 5.56 Å². The summed E-state index contributed by atoms with van der Waals surface area (Å²) in [4.78, 5) is 16.9. The van der Waals surface area contributed by atoms with Crippen molar-refractivity contribution in [3.63, 3.8) is 0 Å². The van der Waals surface area contributed by atoms with Gasteiger partial charge in [-0.15, -0.1) is 0 Å². The molecular weight excluding hydrogens is 339 g/mol. The number of aromatic nitrogens is 2. The third kappa shape index (κ3) is 2.34. The second-order valence-electron chi connectivity index (χ2n) is 3.97. The topological polar surface area (TPSA) is 34.9 Å². The van der Waals surface area contributed by atoms with Crippen LogP contribution in [0.5, 0.6) is 0 Å². The van der Waals surface area contributed by atoms with Gasteiger partial charge in [0.1, 0.15) is 5.82 Å². The molecule has 0 spiro atoms. The van der Waals surface area contributed by atoms with Crippen LogP contribution in [0.2, 0.25) is 0 Å². The van der Waals surface area contributed by atoms with Crippen molar-refractivity contribution in [3.8, 4) is 11.4 Å². The maximum absolute atomic E-state index is 12.3. The van der Waals surface area contributed by atoms with E-state index in [1.54, 1.807) is 4.57 Å². The number of hydrogen-bond acceptors (Lipinski definition) is 2. The molecule has 0 N–H and O–H groups in total. The third-order valence-electron chi connectivity index (χ3n) is 2.87. The van der Waals surface area contributed by atoms with Crippen molar-refractivity contribution in [1.82, 2.24) is 9.55 Å². The molecule has 0 saturated carbocycles. The molecule has 0 aliphatic carbocycles. The molecule has 4 heteroatoms. The quantitative estimate of drug-likeness (QED) is 0.794. The molecule has 2 rings (SSSR count). The van der Waals surface area contributed by atoms with E-state index in [2.05, 4.69) is 27.6 Å². The number of rotatable bonds is 3. The van der Waals surface area contributed by atoms with Crippen molar-refractivity contribution < 1.29 is 0 Å². The molecule has 0 radical (unpaired) electrons.